The number of hydrogen-bond donors (Lipinski definition) is 2. The van der Waals surface area contributed by atoms with Gasteiger partial charge in [0.2, 0.25) is 5.91 Å². The molecule has 1 amide bonds. The van der Waals surface area contributed by atoms with Crippen molar-refractivity contribution >= 4 is 27.3 Å². The Morgan fingerprint density at radius 3 is 2.15 bits per heavy atom. The van der Waals surface area contributed by atoms with Crippen LogP contribution in [0.2, 0.25) is 0 Å². The van der Waals surface area contributed by atoms with Gasteiger partial charge in [-0.15, -0.1) is 13.2 Å². The van der Waals surface area contributed by atoms with Crippen LogP contribution >= 0.6 is 0 Å². The number of amides is 1. The highest BCUT2D eigenvalue weighted by atomic mass is 32.2. The molecule has 2 rings (SSSR count). The van der Waals surface area contributed by atoms with Crippen LogP contribution in [0.15, 0.2) is 41.3 Å². The van der Waals surface area contributed by atoms with E-state index in [9.17, 15) is 26.4 Å². The fourth-order valence-electron chi connectivity index (χ4n) is 2.61. The molecule has 0 aliphatic carbocycles. The van der Waals surface area contributed by atoms with Gasteiger partial charge in [0.05, 0.1) is 10.6 Å². The highest BCUT2D eigenvalue weighted by Gasteiger charge is 2.31. The summed E-state index contributed by atoms with van der Waals surface area (Å²) in [5, 5.41) is 2.57. The predicted molar refractivity (Wildman–Crippen MR) is 94.2 cm³/mol. The highest BCUT2D eigenvalue weighted by molar-refractivity contribution is 7.92. The normalized spacial score (nSPS) is 11.8. The van der Waals surface area contributed by atoms with Crippen molar-refractivity contribution < 1.29 is 31.1 Å². The number of hydrogen-bond acceptors (Lipinski definition) is 4. The van der Waals surface area contributed by atoms with Crippen molar-refractivity contribution in [2.75, 3.05) is 10.0 Å². The van der Waals surface area contributed by atoms with Gasteiger partial charge >= 0.3 is 6.36 Å². The van der Waals surface area contributed by atoms with E-state index < -0.39 is 22.1 Å². The number of benzene rings is 2. The minimum Gasteiger partial charge on any atom is -0.406 e. The molecule has 0 aromatic heterocycles. The summed E-state index contributed by atoms with van der Waals surface area (Å²) in [5.74, 6) is -0.846. The van der Waals surface area contributed by atoms with Crippen LogP contribution in [0.5, 0.6) is 5.75 Å². The molecule has 0 heterocycles. The number of rotatable bonds is 5. The number of halogens is 3. The zero-order valence-electron chi connectivity index (χ0n) is 14.6. The molecule has 10 heteroatoms. The third-order valence-corrected chi connectivity index (χ3v) is 5.06. The molecule has 0 saturated heterocycles. The second-order valence-electron chi connectivity index (χ2n) is 5.80. The molecule has 0 atom stereocenters. The average Bonchev–Trinajstić information content (AvgIpc) is 2.42. The van der Waals surface area contributed by atoms with E-state index in [2.05, 4.69) is 14.8 Å². The smallest absolute Gasteiger partial charge is 0.406 e. The zero-order valence-corrected chi connectivity index (χ0v) is 15.5. The van der Waals surface area contributed by atoms with E-state index in [1.165, 1.54) is 31.2 Å². The summed E-state index contributed by atoms with van der Waals surface area (Å²) in [6.07, 6.45) is -4.88. The summed E-state index contributed by atoms with van der Waals surface area (Å²) in [7, 11) is -4.08. The highest BCUT2D eigenvalue weighted by Crippen LogP contribution is 2.29. The number of carbonyl (C=O) groups excluding carboxylic acids is 1. The third kappa shape index (κ3) is 5.61. The number of alkyl halides is 3. The summed E-state index contributed by atoms with van der Waals surface area (Å²) in [6, 6.07) is 7.51. The van der Waals surface area contributed by atoms with Crippen molar-refractivity contribution in [1.82, 2.24) is 0 Å². The monoisotopic (exact) mass is 402 g/mol. The molecule has 0 spiro atoms. The van der Waals surface area contributed by atoms with Crippen molar-refractivity contribution in [2.24, 2.45) is 0 Å². The molecule has 0 aliphatic rings. The number of aryl methyl sites for hydroxylation is 2. The van der Waals surface area contributed by atoms with Crippen LogP contribution in [-0.2, 0) is 14.8 Å². The minimum absolute atomic E-state index is 0.0289. The van der Waals surface area contributed by atoms with E-state index in [0.29, 0.717) is 16.8 Å². The standard InChI is InChI=1S/C17H17F3N2O4S/c1-10-7-14(21-12(3)23)8-11(2)16(10)27(24,25)22-13-5-4-6-15(9-13)26-17(18,19)20/h4-9,22H,1-3H3,(H,21,23). The number of sulfonamides is 1. The van der Waals surface area contributed by atoms with Crippen molar-refractivity contribution in [1.29, 1.82) is 0 Å². The molecule has 0 aliphatic heterocycles. The summed E-state index contributed by atoms with van der Waals surface area (Å²) >= 11 is 0. The summed E-state index contributed by atoms with van der Waals surface area (Å²) in [6.45, 7) is 4.43. The first-order valence-corrected chi connectivity index (χ1v) is 9.13. The molecular weight excluding hydrogens is 385 g/mol. The van der Waals surface area contributed by atoms with E-state index in [0.717, 1.165) is 12.1 Å². The van der Waals surface area contributed by atoms with E-state index in [4.69, 9.17) is 0 Å². The maximum atomic E-state index is 12.7. The van der Waals surface area contributed by atoms with Crippen LogP contribution < -0.4 is 14.8 Å². The number of nitrogens with one attached hydrogen (secondary N) is 2. The lowest BCUT2D eigenvalue weighted by atomic mass is 10.1. The van der Waals surface area contributed by atoms with Gasteiger partial charge in [-0.2, -0.15) is 0 Å². The number of carbonyl (C=O) groups is 1. The van der Waals surface area contributed by atoms with E-state index >= 15 is 0 Å². The van der Waals surface area contributed by atoms with Crippen molar-refractivity contribution in [3.05, 3.63) is 47.5 Å². The Balaban J connectivity index is 2.35. The van der Waals surface area contributed by atoms with Crippen molar-refractivity contribution in [3.63, 3.8) is 0 Å². The SMILES string of the molecule is CC(=O)Nc1cc(C)c(S(=O)(=O)Nc2cccc(OC(F)(F)F)c2)c(C)c1. The van der Waals surface area contributed by atoms with Gasteiger partial charge in [0.1, 0.15) is 5.75 Å². The molecule has 2 aromatic rings. The fourth-order valence-corrected chi connectivity index (χ4v) is 4.12. The van der Waals surface area contributed by atoms with Crippen molar-refractivity contribution in [2.45, 2.75) is 32.0 Å². The first-order chi connectivity index (χ1) is 12.4. The van der Waals surface area contributed by atoms with Gasteiger partial charge in [0.15, 0.2) is 0 Å². The van der Waals surface area contributed by atoms with Gasteiger partial charge in [0.25, 0.3) is 10.0 Å². The topological polar surface area (TPSA) is 84.5 Å². The average molecular weight is 402 g/mol. The molecule has 0 bridgehead atoms. The zero-order chi connectivity index (χ0) is 20.4. The lowest BCUT2D eigenvalue weighted by molar-refractivity contribution is -0.274. The Morgan fingerprint density at radius 2 is 1.63 bits per heavy atom. The second-order valence-corrected chi connectivity index (χ2v) is 7.42. The molecule has 0 fully saturated rings. The quantitative estimate of drug-likeness (QED) is 0.793. The fraction of sp³-hybridized carbons (Fsp3) is 0.235. The number of anilines is 2. The number of ether oxygens (including phenoxy) is 1. The summed E-state index contributed by atoms with van der Waals surface area (Å²) in [5.41, 5.74) is 1.10. The predicted octanol–water partition coefficient (Wildman–Crippen LogP) is 3.96. The molecule has 146 valence electrons. The molecule has 0 radical (unpaired) electrons. The summed E-state index contributed by atoms with van der Waals surface area (Å²) in [4.78, 5) is 11.1. The lowest BCUT2D eigenvalue weighted by Crippen LogP contribution is -2.18. The Morgan fingerprint density at radius 1 is 1.04 bits per heavy atom. The largest absolute Gasteiger partial charge is 0.573 e. The maximum absolute atomic E-state index is 12.7. The van der Waals surface area contributed by atoms with Crippen LogP contribution in [0, 0.1) is 13.8 Å². The van der Waals surface area contributed by atoms with Crippen molar-refractivity contribution in [3.8, 4) is 5.75 Å². The van der Waals surface area contributed by atoms with E-state index in [1.54, 1.807) is 13.8 Å². The van der Waals surface area contributed by atoms with Gasteiger partial charge in [-0.3, -0.25) is 9.52 Å². The molecular formula is C17H17F3N2O4S. The second kappa shape index (κ2) is 7.47. The third-order valence-electron chi connectivity index (χ3n) is 3.37. The van der Waals surface area contributed by atoms with Crippen LogP contribution in [0.1, 0.15) is 18.1 Å². The van der Waals surface area contributed by atoms with E-state index in [1.807, 2.05) is 0 Å². The van der Waals surface area contributed by atoms with Gasteiger partial charge in [-0.25, -0.2) is 8.42 Å². The molecule has 2 N–H and O–H groups in total. The first kappa shape index (κ1) is 20.6. The van der Waals surface area contributed by atoms with Gasteiger partial charge in [0, 0.05) is 18.7 Å². The molecule has 0 unspecified atom stereocenters. The molecule has 27 heavy (non-hydrogen) atoms. The first-order valence-electron chi connectivity index (χ1n) is 7.65. The molecule has 6 nitrogen and oxygen atoms in total. The lowest BCUT2D eigenvalue weighted by Gasteiger charge is -2.15. The summed E-state index contributed by atoms with van der Waals surface area (Å²) < 4.78 is 68.4. The Kier molecular flexibility index (Phi) is 5.69. The maximum Gasteiger partial charge on any atom is 0.573 e. The molecule has 0 saturated carbocycles. The Labute approximate surface area is 154 Å². The van der Waals surface area contributed by atoms with E-state index in [-0.39, 0.29) is 16.5 Å². The Hall–Kier alpha value is -2.75. The van der Waals surface area contributed by atoms with Gasteiger partial charge < -0.3 is 10.1 Å². The Bertz CT molecular complexity index is 949. The minimum atomic E-state index is -4.88. The van der Waals surface area contributed by atoms with Gasteiger partial charge in [-0.05, 0) is 49.2 Å². The van der Waals surface area contributed by atoms with Crippen LogP contribution in [0.3, 0.4) is 0 Å². The van der Waals surface area contributed by atoms with Crippen LogP contribution in [-0.4, -0.2) is 20.7 Å². The van der Waals surface area contributed by atoms with Crippen LogP contribution in [0.4, 0.5) is 24.5 Å². The van der Waals surface area contributed by atoms with Crippen LogP contribution in [0.25, 0.3) is 0 Å². The molecule has 2 aromatic carbocycles. The van der Waals surface area contributed by atoms with Gasteiger partial charge in [-0.1, -0.05) is 6.07 Å².